The molecule has 102 valence electrons. The van der Waals surface area contributed by atoms with Crippen LogP contribution in [-0.4, -0.2) is 34.3 Å². The Balaban J connectivity index is 1.96. The maximum Gasteiger partial charge on any atom is 0.243 e. The molecule has 20 heavy (non-hydrogen) atoms. The average molecular weight is 272 g/mol. The summed E-state index contributed by atoms with van der Waals surface area (Å²) in [4.78, 5) is 16.5. The maximum atomic E-state index is 5.37. The molecule has 0 aliphatic heterocycles. The van der Waals surface area contributed by atoms with Crippen LogP contribution in [0.5, 0.6) is 0 Å². The van der Waals surface area contributed by atoms with Crippen LogP contribution in [0, 0.1) is 0 Å². The second kappa shape index (κ2) is 4.93. The normalized spacial score (nSPS) is 10.5. The fourth-order valence-electron chi connectivity index (χ4n) is 1.59. The number of hydrogen-bond donors (Lipinski definition) is 3. The van der Waals surface area contributed by atoms with E-state index in [0.717, 1.165) is 5.69 Å². The van der Waals surface area contributed by atoms with Gasteiger partial charge in [0.25, 0.3) is 0 Å². The maximum absolute atomic E-state index is 5.37. The first-order valence-electron chi connectivity index (χ1n) is 5.71. The molecule has 0 saturated heterocycles. The standard InChI is InChI=1S/C10H12N10/c1-19-5-7(4-13-19)14-8-15-9(18-11)17-10(16-8)20-3-2-12-6-20/h2-6H,11H2,1H3,(H2,14,15,16,17,18). The van der Waals surface area contributed by atoms with Crippen molar-refractivity contribution in [3.05, 3.63) is 31.1 Å². The zero-order valence-corrected chi connectivity index (χ0v) is 10.6. The lowest BCUT2D eigenvalue weighted by molar-refractivity contribution is 0.768. The molecule has 0 radical (unpaired) electrons. The van der Waals surface area contributed by atoms with E-state index in [9.17, 15) is 0 Å². The summed E-state index contributed by atoms with van der Waals surface area (Å²) >= 11 is 0. The van der Waals surface area contributed by atoms with Gasteiger partial charge in [-0.05, 0) is 0 Å². The highest BCUT2D eigenvalue weighted by Gasteiger charge is 2.08. The van der Waals surface area contributed by atoms with E-state index in [2.05, 4.69) is 35.8 Å². The lowest BCUT2D eigenvalue weighted by Gasteiger charge is -2.07. The van der Waals surface area contributed by atoms with Crippen LogP contribution in [0.4, 0.5) is 17.6 Å². The van der Waals surface area contributed by atoms with Crippen molar-refractivity contribution in [2.75, 3.05) is 10.7 Å². The predicted molar refractivity (Wildman–Crippen MR) is 71.2 cm³/mol. The Bertz CT molecular complexity index is 701. The van der Waals surface area contributed by atoms with Crippen molar-refractivity contribution < 1.29 is 0 Å². The summed E-state index contributed by atoms with van der Waals surface area (Å²) < 4.78 is 3.32. The third-order valence-electron chi connectivity index (χ3n) is 2.45. The number of nitrogens with zero attached hydrogens (tertiary/aromatic N) is 7. The fraction of sp³-hybridized carbons (Fsp3) is 0.100. The van der Waals surface area contributed by atoms with Crippen molar-refractivity contribution in [2.24, 2.45) is 12.9 Å². The zero-order chi connectivity index (χ0) is 13.9. The van der Waals surface area contributed by atoms with Gasteiger partial charge in [0.1, 0.15) is 6.33 Å². The highest BCUT2D eigenvalue weighted by atomic mass is 15.4. The molecule has 0 bridgehead atoms. The van der Waals surface area contributed by atoms with Crippen LogP contribution < -0.4 is 16.6 Å². The highest BCUT2D eigenvalue weighted by molar-refractivity contribution is 5.52. The summed E-state index contributed by atoms with van der Waals surface area (Å²) in [6.45, 7) is 0. The molecule has 0 spiro atoms. The largest absolute Gasteiger partial charge is 0.321 e. The summed E-state index contributed by atoms with van der Waals surface area (Å²) in [6, 6.07) is 0. The number of nitrogens with one attached hydrogen (secondary N) is 2. The molecular weight excluding hydrogens is 260 g/mol. The quantitative estimate of drug-likeness (QED) is 0.441. The molecule has 4 N–H and O–H groups in total. The van der Waals surface area contributed by atoms with Crippen molar-refractivity contribution in [1.29, 1.82) is 0 Å². The van der Waals surface area contributed by atoms with Gasteiger partial charge in [-0.25, -0.2) is 10.8 Å². The van der Waals surface area contributed by atoms with Gasteiger partial charge in [-0.1, -0.05) is 0 Å². The molecule has 10 heteroatoms. The first kappa shape index (κ1) is 12.0. The Morgan fingerprint density at radius 3 is 2.70 bits per heavy atom. The minimum atomic E-state index is 0.245. The number of anilines is 3. The van der Waals surface area contributed by atoms with Crippen molar-refractivity contribution in [1.82, 2.24) is 34.3 Å². The monoisotopic (exact) mass is 272 g/mol. The van der Waals surface area contributed by atoms with Crippen LogP contribution in [0.15, 0.2) is 31.1 Å². The van der Waals surface area contributed by atoms with Crippen molar-refractivity contribution in [3.8, 4) is 5.95 Å². The number of nitrogens with two attached hydrogens (primary N) is 1. The third kappa shape index (κ3) is 2.40. The van der Waals surface area contributed by atoms with Crippen LogP contribution >= 0.6 is 0 Å². The Kier molecular flexibility index (Phi) is 2.97. The SMILES string of the molecule is Cn1cc(Nc2nc(NN)nc(-n3ccnc3)n2)cn1. The van der Waals surface area contributed by atoms with Gasteiger partial charge < -0.3 is 5.32 Å². The Labute approximate surface area is 113 Å². The molecule has 3 aromatic heterocycles. The number of hydrogen-bond acceptors (Lipinski definition) is 8. The van der Waals surface area contributed by atoms with Crippen LogP contribution in [0.25, 0.3) is 5.95 Å². The lowest BCUT2D eigenvalue weighted by Crippen LogP contribution is -2.14. The minimum Gasteiger partial charge on any atom is -0.321 e. The van der Waals surface area contributed by atoms with Gasteiger partial charge in [0, 0.05) is 25.6 Å². The van der Waals surface area contributed by atoms with E-state index in [1.165, 1.54) is 0 Å². The molecule has 0 amide bonds. The van der Waals surface area contributed by atoms with Gasteiger partial charge in [0.05, 0.1) is 11.9 Å². The first-order chi connectivity index (χ1) is 9.74. The molecule has 0 aromatic carbocycles. The molecule has 3 heterocycles. The Hall–Kier alpha value is -3.01. The van der Waals surface area contributed by atoms with Crippen LogP contribution in [-0.2, 0) is 7.05 Å². The Morgan fingerprint density at radius 1 is 1.20 bits per heavy atom. The van der Waals surface area contributed by atoms with E-state index >= 15 is 0 Å². The van der Waals surface area contributed by atoms with E-state index in [4.69, 9.17) is 5.84 Å². The van der Waals surface area contributed by atoms with Crippen LogP contribution in [0.3, 0.4) is 0 Å². The van der Waals surface area contributed by atoms with E-state index < -0.39 is 0 Å². The molecular formula is C10H12N10. The number of imidazole rings is 1. The van der Waals surface area contributed by atoms with E-state index in [1.54, 1.807) is 40.4 Å². The van der Waals surface area contributed by atoms with Gasteiger partial charge in [-0.2, -0.15) is 20.1 Å². The van der Waals surface area contributed by atoms with Crippen molar-refractivity contribution in [3.63, 3.8) is 0 Å². The molecule has 3 rings (SSSR count). The molecule has 0 fully saturated rings. The van der Waals surface area contributed by atoms with E-state index in [-0.39, 0.29) is 5.95 Å². The Morgan fingerprint density at radius 2 is 2.05 bits per heavy atom. The number of hydrazine groups is 1. The van der Waals surface area contributed by atoms with Crippen LogP contribution in [0.1, 0.15) is 0 Å². The average Bonchev–Trinajstić information content (AvgIpc) is 3.10. The number of aryl methyl sites for hydroxylation is 1. The molecule has 0 unspecified atom stereocenters. The third-order valence-corrected chi connectivity index (χ3v) is 2.45. The summed E-state index contributed by atoms with van der Waals surface area (Å²) in [5.74, 6) is 6.36. The summed E-state index contributed by atoms with van der Waals surface area (Å²) in [5, 5.41) is 7.08. The molecule has 0 aliphatic carbocycles. The molecule has 0 aliphatic rings. The van der Waals surface area contributed by atoms with Crippen LogP contribution in [0.2, 0.25) is 0 Å². The summed E-state index contributed by atoms with van der Waals surface area (Å²) in [6.07, 6.45) is 8.41. The molecule has 0 atom stereocenters. The topological polar surface area (TPSA) is 124 Å². The first-order valence-corrected chi connectivity index (χ1v) is 5.71. The minimum absolute atomic E-state index is 0.245. The molecule has 3 aromatic rings. The smallest absolute Gasteiger partial charge is 0.243 e. The van der Waals surface area contributed by atoms with Gasteiger partial charge in [-0.3, -0.25) is 14.7 Å². The summed E-state index contributed by atoms with van der Waals surface area (Å²) in [5.41, 5.74) is 3.17. The van der Waals surface area contributed by atoms with Crippen molar-refractivity contribution >= 4 is 17.6 Å². The number of aromatic nitrogens is 7. The second-order valence-electron chi connectivity index (χ2n) is 3.92. The van der Waals surface area contributed by atoms with Gasteiger partial charge in [0.15, 0.2) is 0 Å². The van der Waals surface area contributed by atoms with Gasteiger partial charge >= 0.3 is 0 Å². The van der Waals surface area contributed by atoms with Crippen molar-refractivity contribution in [2.45, 2.75) is 0 Å². The lowest BCUT2D eigenvalue weighted by atomic mass is 10.6. The van der Waals surface area contributed by atoms with E-state index in [0.29, 0.717) is 11.9 Å². The highest BCUT2D eigenvalue weighted by Crippen LogP contribution is 2.14. The predicted octanol–water partition coefficient (Wildman–Crippen LogP) is -0.180. The molecule has 0 saturated carbocycles. The summed E-state index contributed by atoms with van der Waals surface area (Å²) in [7, 11) is 1.82. The number of nitrogen functional groups attached to an aromatic ring is 1. The van der Waals surface area contributed by atoms with Gasteiger partial charge in [0.2, 0.25) is 17.8 Å². The van der Waals surface area contributed by atoms with Gasteiger partial charge in [-0.15, -0.1) is 0 Å². The zero-order valence-electron chi connectivity index (χ0n) is 10.6. The molecule has 10 nitrogen and oxygen atoms in total. The fourth-order valence-corrected chi connectivity index (χ4v) is 1.59. The van der Waals surface area contributed by atoms with E-state index in [1.807, 2.05) is 7.05 Å². The second-order valence-corrected chi connectivity index (χ2v) is 3.92. The number of rotatable bonds is 4.